The van der Waals surface area contributed by atoms with E-state index in [1.807, 2.05) is 6.92 Å². The molecule has 2 aromatic heterocycles. The molecule has 0 aliphatic rings. The highest BCUT2D eigenvalue weighted by Gasteiger charge is 2.18. The molecule has 0 aliphatic carbocycles. The van der Waals surface area contributed by atoms with Crippen molar-refractivity contribution in [2.24, 2.45) is 5.73 Å². The fourth-order valence-corrected chi connectivity index (χ4v) is 3.06. The van der Waals surface area contributed by atoms with Gasteiger partial charge in [0.15, 0.2) is 5.65 Å². The fourth-order valence-electron chi connectivity index (χ4n) is 3.06. The van der Waals surface area contributed by atoms with E-state index in [1.54, 1.807) is 0 Å². The second kappa shape index (κ2) is 6.13. The van der Waals surface area contributed by atoms with Gasteiger partial charge >= 0.3 is 0 Å². The van der Waals surface area contributed by atoms with Gasteiger partial charge in [-0.05, 0) is 56.1 Å². The lowest BCUT2D eigenvalue weighted by Gasteiger charge is -2.13. The summed E-state index contributed by atoms with van der Waals surface area (Å²) in [6, 6.07) is 10.7. The van der Waals surface area contributed by atoms with Crippen LogP contribution in [-0.2, 0) is 6.42 Å². The van der Waals surface area contributed by atoms with Gasteiger partial charge in [-0.3, -0.25) is 4.57 Å². The third kappa shape index (κ3) is 2.86. The molecule has 0 saturated carbocycles. The Labute approximate surface area is 137 Å². The minimum absolute atomic E-state index is 0.327. The van der Waals surface area contributed by atoms with E-state index in [1.165, 1.54) is 11.1 Å². The number of nitrogens with zero attached hydrogens (tertiary/aromatic N) is 3. The highest BCUT2D eigenvalue weighted by molar-refractivity contribution is 5.78. The zero-order valence-corrected chi connectivity index (χ0v) is 14.3. The van der Waals surface area contributed by atoms with Gasteiger partial charge in [0, 0.05) is 17.3 Å². The number of imidazole rings is 1. The second-order valence-corrected chi connectivity index (χ2v) is 6.42. The van der Waals surface area contributed by atoms with Gasteiger partial charge in [-0.2, -0.15) is 0 Å². The van der Waals surface area contributed by atoms with Crippen LogP contribution in [0.3, 0.4) is 0 Å². The van der Waals surface area contributed by atoms with Gasteiger partial charge in [0.05, 0.1) is 5.52 Å². The highest BCUT2D eigenvalue weighted by atomic mass is 15.1. The summed E-state index contributed by atoms with van der Waals surface area (Å²) in [6.45, 7) is 9.16. The standard InChI is InChI=1S/C19H24N4/c1-12(2)19-22-18-17(13(3)11-14(4)21-18)23(19)16-7-5-15(6-8-16)9-10-20/h5-8,11-12H,9-10,20H2,1-4H3. The molecule has 0 unspecified atom stereocenters. The van der Waals surface area contributed by atoms with Crippen molar-refractivity contribution in [3.05, 3.63) is 53.0 Å². The molecule has 3 rings (SSSR count). The van der Waals surface area contributed by atoms with Crippen molar-refractivity contribution in [3.63, 3.8) is 0 Å². The average molecular weight is 308 g/mol. The van der Waals surface area contributed by atoms with E-state index in [-0.39, 0.29) is 0 Å². The summed E-state index contributed by atoms with van der Waals surface area (Å²) in [5.41, 5.74) is 12.2. The minimum atomic E-state index is 0.327. The van der Waals surface area contributed by atoms with Gasteiger partial charge in [-0.1, -0.05) is 26.0 Å². The molecule has 0 amide bonds. The Morgan fingerprint density at radius 2 is 1.78 bits per heavy atom. The van der Waals surface area contributed by atoms with Crippen LogP contribution in [-0.4, -0.2) is 21.1 Å². The Balaban J connectivity index is 2.24. The lowest BCUT2D eigenvalue weighted by Crippen LogP contribution is -2.05. The molecule has 0 fully saturated rings. The summed E-state index contributed by atoms with van der Waals surface area (Å²) < 4.78 is 2.24. The zero-order valence-electron chi connectivity index (χ0n) is 14.3. The molecule has 0 radical (unpaired) electrons. The molecule has 120 valence electrons. The molecule has 0 bridgehead atoms. The number of aromatic nitrogens is 3. The second-order valence-electron chi connectivity index (χ2n) is 6.42. The van der Waals surface area contributed by atoms with Crippen LogP contribution in [0.4, 0.5) is 0 Å². The molecule has 4 nitrogen and oxygen atoms in total. The first-order chi connectivity index (χ1) is 11.0. The predicted molar refractivity (Wildman–Crippen MR) is 95.2 cm³/mol. The van der Waals surface area contributed by atoms with Crippen LogP contribution < -0.4 is 5.73 Å². The SMILES string of the molecule is Cc1cc(C)c2c(n1)nc(C(C)C)n2-c1ccc(CCN)cc1. The van der Waals surface area contributed by atoms with Crippen molar-refractivity contribution in [3.8, 4) is 5.69 Å². The summed E-state index contributed by atoms with van der Waals surface area (Å²) in [5.74, 6) is 1.38. The average Bonchev–Trinajstić information content (AvgIpc) is 2.88. The molecule has 1 aromatic carbocycles. The van der Waals surface area contributed by atoms with Crippen molar-refractivity contribution in [2.75, 3.05) is 6.54 Å². The van der Waals surface area contributed by atoms with Crippen molar-refractivity contribution in [1.29, 1.82) is 0 Å². The van der Waals surface area contributed by atoms with Crippen molar-refractivity contribution < 1.29 is 0 Å². The maximum absolute atomic E-state index is 5.64. The number of hydrogen-bond acceptors (Lipinski definition) is 3. The number of rotatable bonds is 4. The van der Waals surface area contributed by atoms with Crippen molar-refractivity contribution >= 4 is 11.2 Å². The molecule has 2 N–H and O–H groups in total. The lowest BCUT2D eigenvalue weighted by atomic mass is 10.1. The Hall–Kier alpha value is -2.20. The number of pyridine rings is 1. The van der Waals surface area contributed by atoms with Crippen LogP contribution in [0.1, 0.15) is 42.4 Å². The summed E-state index contributed by atoms with van der Waals surface area (Å²) in [6.07, 6.45) is 0.905. The number of nitrogens with two attached hydrogens (primary N) is 1. The summed E-state index contributed by atoms with van der Waals surface area (Å²) in [5, 5.41) is 0. The first kappa shape index (κ1) is 15.7. The molecule has 0 atom stereocenters. The normalized spacial score (nSPS) is 11.6. The minimum Gasteiger partial charge on any atom is -0.330 e. The van der Waals surface area contributed by atoms with Gasteiger partial charge in [0.2, 0.25) is 0 Å². The first-order valence-electron chi connectivity index (χ1n) is 8.17. The first-order valence-corrected chi connectivity index (χ1v) is 8.17. The van der Waals surface area contributed by atoms with E-state index in [2.05, 4.69) is 60.7 Å². The third-order valence-electron chi connectivity index (χ3n) is 4.11. The van der Waals surface area contributed by atoms with Crippen molar-refractivity contribution in [1.82, 2.24) is 14.5 Å². The van der Waals surface area contributed by atoms with Crippen LogP contribution in [0.2, 0.25) is 0 Å². The molecule has 0 aliphatic heterocycles. The van der Waals surface area contributed by atoms with Crippen LogP contribution >= 0.6 is 0 Å². The third-order valence-corrected chi connectivity index (χ3v) is 4.11. The van der Waals surface area contributed by atoms with E-state index in [0.29, 0.717) is 12.5 Å². The zero-order chi connectivity index (χ0) is 16.6. The van der Waals surface area contributed by atoms with E-state index >= 15 is 0 Å². The maximum Gasteiger partial charge on any atom is 0.178 e. The Kier molecular flexibility index (Phi) is 4.18. The van der Waals surface area contributed by atoms with Crippen LogP contribution in [0.25, 0.3) is 16.9 Å². The van der Waals surface area contributed by atoms with Crippen LogP contribution in [0.15, 0.2) is 30.3 Å². The van der Waals surface area contributed by atoms with E-state index in [9.17, 15) is 0 Å². The number of benzene rings is 1. The quantitative estimate of drug-likeness (QED) is 0.800. The van der Waals surface area contributed by atoms with Gasteiger partial charge < -0.3 is 5.73 Å². The molecular weight excluding hydrogens is 284 g/mol. The molecule has 0 saturated heterocycles. The molecule has 4 heteroatoms. The number of fused-ring (bicyclic) bond motifs is 1. The number of hydrogen-bond donors (Lipinski definition) is 1. The monoisotopic (exact) mass is 308 g/mol. The molecular formula is C19H24N4. The fraction of sp³-hybridized carbons (Fsp3) is 0.368. The van der Waals surface area contributed by atoms with Gasteiger partial charge in [0.25, 0.3) is 0 Å². The van der Waals surface area contributed by atoms with E-state index < -0.39 is 0 Å². The van der Waals surface area contributed by atoms with Crippen LogP contribution in [0.5, 0.6) is 0 Å². The topological polar surface area (TPSA) is 56.7 Å². The lowest BCUT2D eigenvalue weighted by molar-refractivity contribution is 0.758. The Bertz CT molecular complexity index is 829. The van der Waals surface area contributed by atoms with Gasteiger partial charge in [-0.25, -0.2) is 9.97 Å². The number of aryl methyl sites for hydroxylation is 2. The van der Waals surface area contributed by atoms with E-state index in [0.717, 1.165) is 34.8 Å². The summed E-state index contributed by atoms with van der Waals surface area (Å²) in [7, 11) is 0. The molecule has 3 aromatic rings. The van der Waals surface area contributed by atoms with E-state index in [4.69, 9.17) is 10.7 Å². The van der Waals surface area contributed by atoms with Crippen LogP contribution in [0, 0.1) is 13.8 Å². The highest BCUT2D eigenvalue weighted by Crippen LogP contribution is 2.28. The Morgan fingerprint density at radius 1 is 1.09 bits per heavy atom. The predicted octanol–water partition coefficient (Wildman–Crippen LogP) is 3.66. The molecule has 2 heterocycles. The summed E-state index contributed by atoms with van der Waals surface area (Å²) in [4.78, 5) is 9.43. The smallest absolute Gasteiger partial charge is 0.178 e. The van der Waals surface area contributed by atoms with Crippen molar-refractivity contribution in [2.45, 2.75) is 40.0 Å². The maximum atomic E-state index is 5.64. The van der Waals surface area contributed by atoms with Gasteiger partial charge in [-0.15, -0.1) is 0 Å². The van der Waals surface area contributed by atoms with Gasteiger partial charge in [0.1, 0.15) is 5.82 Å². The molecule has 23 heavy (non-hydrogen) atoms. The summed E-state index contributed by atoms with van der Waals surface area (Å²) >= 11 is 0. The molecule has 0 spiro atoms. The largest absolute Gasteiger partial charge is 0.330 e. The Morgan fingerprint density at radius 3 is 2.39 bits per heavy atom.